The Balaban J connectivity index is 1.43. The Morgan fingerprint density at radius 3 is 2.71 bits per heavy atom. The zero-order valence-corrected chi connectivity index (χ0v) is 16.5. The monoisotopic (exact) mass is 394 g/mol. The molecule has 2 aromatic carbocycles. The summed E-state index contributed by atoms with van der Waals surface area (Å²) in [6.07, 6.45) is 3.72. The molecular weight excluding hydrogens is 372 g/mol. The molecule has 3 aromatic rings. The van der Waals surface area contributed by atoms with Crippen LogP contribution in [0.1, 0.15) is 24.4 Å². The van der Waals surface area contributed by atoms with E-state index >= 15 is 0 Å². The Morgan fingerprint density at radius 1 is 1.18 bits per heavy atom. The molecule has 1 fully saturated rings. The number of aromatic nitrogens is 3. The van der Waals surface area contributed by atoms with Gasteiger partial charge in [-0.2, -0.15) is 0 Å². The van der Waals surface area contributed by atoms with Crippen molar-refractivity contribution < 1.29 is 9.53 Å². The summed E-state index contributed by atoms with van der Waals surface area (Å²) in [6, 6.07) is 18.1. The van der Waals surface area contributed by atoms with Gasteiger partial charge in [-0.3, -0.25) is 9.36 Å². The molecule has 1 amide bonds. The zero-order valence-electron chi connectivity index (χ0n) is 15.7. The molecule has 0 saturated carbocycles. The number of amides is 1. The summed E-state index contributed by atoms with van der Waals surface area (Å²) < 4.78 is 7.09. The number of thioether (sulfide) groups is 1. The molecule has 6 nitrogen and oxygen atoms in total. The first kappa shape index (κ1) is 18.6. The zero-order chi connectivity index (χ0) is 19.3. The van der Waals surface area contributed by atoms with Crippen LogP contribution in [0.25, 0.3) is 5.69 Å². The van der Waals surface area contributed by atoms with E-state index in [2.05, 4.69) is 22.3 Å². The highest BCUT2D eigenvalue weighted by Crippen LogP contribution is 2.32. The molecule has 1 saturated heterocycles. The van der Waals surface area contributed by atoms with Gasteiger partial charge in [0.1, 0.15) is 12.1 Å². The average Bonchev–Trinajstić information content (AvgIpc) is 3.42. The highest BCUT2D eigenvalue weighted by Gasteiger charge is 2.29. The molecule has 28 heavy (non-hydrogen) atoms. The minimum atomic E-state index is 0.139. The highest BCUT2D eigenvalue weighted by atomic mass is 32.2. The minimum Gasteiger partial charge on any atom is -0.497 e. The summed E-state index contributed by atoms with van der Waals surface area (Å²) in [5, 5.41) is 8.90. The number of nitrogens with zero attached hydrogens (tertiary/aromatic N) is 4. The van der Waals surface area contributed by atoms with E-state index in [9.17, 15) is 4.79 Å². The van der Waals surface area contributed by atoms with Crippen LogP contribution < -0.4 is 4.74 Å². The van der Waals surface area contributed by atoms with Gasteiger partial charge in [-0.05, 0) is 42.7 Å². The quantitative estimate of drug-likeness (QED) is 0.596. The summed E-state index contributed by atoms with van der Waals surface area (Å²) in [6.45, 7) is 0.810. The molecule has 0 radical (unpaired) electrons. The second-order valence-electron chi connectivity index (χ2n) is 6.63. The lowest BCUT2D eigenvalue weighted by atomic mass is 10.0. The van der Waals surface area contributed by atoms with Gasteiger partial charge in [-0.1, -0.05) is 42.1 Å². The van der Waals surface area contributed by atoms with E-state index in [-0.39, 0.29) is 11.9 Å². The second kappa shape index (κ2) is 8.48. The van der Waals surface area contributed by atoms with Crippen LogP contribution in [0.2, 0.25) is 0 Å². The Morgan fingerprint density at radius 2 is 1.96 bits per heavy atom. The molecule has 1 aromatic heterocycles. The first-order chi connectivity index (χ1) is 13.8. The summed E-state index contributed by atoms with van der Waals surface area (Å²) >= 11 is 1.42. The van der Waals surface area contributed by atoms with Crippen molar-refractivity contribution in [3.8, 4) is 11.4 Å². The number of carbonyl (C=O) groups is 1. The van der Waals surface area contributed by atoms with Gasteiger partial charge < -0.3 is 9.64 Å². The number of benzene rings is 2. The maximum absolute atomic E-state index is 12.9. The van der Waals surface area contributed by atoms with Crippen LogP contribution in [0.3, 0.4) is 0 Å². The largest absolute Gasteiger partial charge is 0.497 e. The lowest BCUT2D eigenvalue weighted by Gasteiger charge is -2.25. The van der Waals surface area contributed by atoms with E-state index in [4.69, 9.17) is 4.74 Å². The van der Waals surface area contributed by atoms with Gasteiger partial charge in [-0.25, -0.2) is 0 Å². The predicted octanol–water partition coefficient (Wildman–Crippen LogP) is 3.73. The molecule has 7 heteroatoms. The third kappa shape index (κ3) is 3.89. The van der Waals surface area contributed by atoms with Crippen molar-refractivity contribution in [2.24, 2.45) is 0 Å². The van der Waals surface area contributed by atoms with Crippen LogP contribution in [0.4, 0.5) is 0 Å². The topological polar surface area (TPSA) is 60.2 Å². The number of ether oxygens (including phenoxy) is 1. The molecule has 1 atom stereocenters. The van der Waals surface area contributed by atoms with Crippen LogP contribution in [0.15, 0.2) is 66.1 Å². The van der Waals surface area contributed by atoms with Crippen molar-refractivity contribution in [1.29, 1.82) is 0 Å². The van der Waals surface area contributed by atoms with Crippen molar-refractivity contribution in [3.05, 3.63) is 66.5 Å². The highest BCUT2D eigenvalue weighted by molar-refractivity contribution is 7.99. The molecule has 1 aliphatic heterocycles. The number of hydrogen-bond donors (Lipinski definition) is 0. The maximum atomic E-state index is 12.9. The summed E-state index contributed by atoms with van der Waals surface area (Å²) in [7, 11) is 1.64. The van der Waals surface area contributed by atoms with Gasteiger partial charge in [0.05, 0.1) is 18.9 Å². The molecule has 1 aliphatic rings. The van der Waals surface area contributed by atoms with Crippen LogP contribution >= 0.6 is 11.8 Å². The molecule has 4 rings (SSSR count). The fourth-order valence-corrected chi connectivity index (χ4v) is 4.35. The van der Waals surface area contributed by atoms with E-state index in [0.717, 1.165) is 30.8 Å². The molecular formula is C21H22N4O2S. The minimum absolute atomic E-state index is 0.139. The van der Waals surface area contributed by atoms with Crippen molar-refractivity contribution >= 4 is 17.7 Å². The van der Waals surface area contributed by atoms with Gasteiger partial charge in [0.2, 0.25) is 5.91 Å². The number of carbonyl (C=O) groups excluding carboxylic acids is 1. The summed E-state index contributed by atoms with van der Waals surface area (Å²) in [4.78, 5) is 14.9. The van der Waals surface area contributed by atoms with Crippen molar-refractivity contribution in [3.63, 3.8) is 0 Å². The molecule has 0 bridgehead atoms. The first-order valence-electron chi connectivity index (χ1n) is 9.28. The van der Waals surface area contributed by atoms with E-state index in [0.29, 0.717) is 10.9 Å². The fraction of sp³-hybridized carbons (Fsp3) is 0.286. The van der Waals surface area contributed by atoms with E-state index in [1.54, 1.807) is 13.4 Å². The lowest BCUT2D eigenvalue weighted by Crippen LogP contribution is -2.32. The number of rotatable bonds is 6. The number of hydrogen-bond acceptors (Lipinski definition) is 5. The van der Waals surface area contributed by atoms with Gasteiger partial charge in [-0.15, -0.1) is 10.2 Å². The average molecular weight is 395 g/mol. The van der Waals surface area contributed by atoms with Crippen molar-refractivity contribution in [1.82, 2.24) is 19.7 Å². The van der Waals surface area contributed by atoms with Gasteiger partial charge >= 0.3 is 0 Å². The number of likely N-dealkylation sites (tertiary alicyclic amines) is 1. The Kier molecular flexibility index (Phi) is 5.62. The smallest absolute Gasteiger partial charge is 0.233 e. The molecule has 144 valence electrons. The molecule has 2 heterocycles. The Bertz CT molecular complexity index is 927. The molecule has 0 unspecified atom stereocenters. The summed E-state index contributed by atoms with van der Waals surface area (Å²) in [5.41, 5.74) is 2.14. The van der Waals surface area contributed by atoms with Crippen molar-refractivity contribution in [2.45, 2.75) is 24.0 Å². The van der Waals surface area contributed by atoms with E-state index < -0.39 is 0 Å². The SMILES string of the molecule is COc1ccc(-n2cnnc2SCC(=O)N2CCC[C@H]2c2ccccc2)cc1. The molecule has 0 aliphatic carbocycles. The maximum Gasteiger partial charge on any atom is 0.233 e. The third-order valence-corrected chi connectivity index (χ3v) is 5.88. The fourth-order valence-electron chi connectivity index (χ4n) is 3.54. The predicted molar refractivity (Wildman–Crippen MR) is 109 cm³/mol. The van der Waals surface area contributed by atoms with Crippen LogP contribution in [0.5, 0.6) is 5.75 Å². The molecule has 0 N–H and O–H groups in total. The Hall–Kier alpha value is -2.80. The standard InChI is InChI=1S/C21H22N4O2S/c1-27-18-11-9-17(10-12-18)25-15-22-23-21(25)28-14-20(26)24-13-5-8-19(24)16-6-3-2-4-7-16/h2-4,6-7,9-12,15,19H,5,8,13-14H2,1H3/t19-/m0/s1. The summed E-state index contributed by atoms with van der Waals surface area (Å²) in [5.74, 6) is 1.28. The normalized spacial score (nSPS) is 16.3. The van der Waals surface area contributed by atoms with Gasteiger partial charge in [0.25, 0.3) is 0 Å². The third-order valence-electron chi connectivity index (χ3n) is 4.95. The first-order valence-corrected chi connectivity index (χ1v) is 10.3. The van der Waals surface area contributed by atoms with Crippen LogP contribution in [0, 0.1) is 0 Å². The van der Waals surface area contributed by atoms with Gasteiger partial charge in [0, 0.05) is 12.2 Å². The lowest BCUT2D eigenvalue weighted by molar-refractivity contribution is -0.129. The van der Waals surface area contributed by atoms with E-state index in [1.165, 1.54) is 17.3 Å². The number of methoxy groups -OCH3 is 1. The van der Waals surface area contributed by atoms with Gasteiger partial charge in [0.15, 0.2) is 5.16 Å². The van der Waals surface area contributed by atoms with Crippen molar-refractivity contribution in [2.75, 3.05) is 19.4 Å². The Labute approximate surface area is 168 Å². The molecule has 0 spiro atoms. The van der Waals surface area contributed by atoms with Crippen LogP contribution in [-0.4, -0.2) is 45.0 Å². The second-order valence-corrected chi connectivity index (χ2v) is 7.57. The van der Waals surface area contributed by atoms with Crippen LogP contribution in [-0.2, 0) is 4.79 Å². The van der Waals surface area contributed by atoms with E-state index in [1.807, 2.05) is 51.9 Å².